The molecule has 0 aliphatic heterocycles. The summed E-state index contributed by atoms with van der Waals surface area (Å²) < 4.78 is 0. The van der Waals surface area contributed by atoms with Crippen molar-refractivity contribution in [3.8, 4) is 0 Å². The maximum Gasteiger partial charge on any atom is 0.109 e. The van der Waals surface area contributed by atoms with Crippen molar-refractivity contribution in [3.63, 3.8) is 0 Å². The second kappa shape index (κ2) is 3.30. The van der Waals surface area contributed by atoms with Gasteiger partial charge in [-0.05, 0) is 6.07 Å². The van der Waals surface area contributed by atoms with Gasteiger partial charge in [-0.25, -0.2) is 4.98 Å². The molecule has 3 rings (SSSR count). The van der Waals surface area contributed by atoms with Crippen molar-refractivity contribution in [2.45, 2.75) is 19.8 Å². The van der Waals surface area contributed by atoms with Crippen LogP contribution in [-0.2, 0) is 0 Å². The molecule has 2 aromatic heterocycles. The Bertz CT molecular complexity index is 652. The van der Waals surface area contributed by atoms with Gasteiger partial charge in [0.25, 0.3) is 0 Å². The van der Waals surface area contributed by atoms with Gasteiger partial charge in [-0.15, -0.1) is 0 Å². The minimum Gasteiger partial charge on any atom is -0.340 e. The Morgan fingerprint density at radius 1 is 1.19 bits per heavy atom. The fourth-order valence-corrected chi connectivity index (χ4v) is 1.90. The van der Waals surface area contributed by atoms with E-state index in [0.29, 0.717) is 5.92 Å². The molecule has 0 bridgehead atoms. The second-order valence-corrected chi connectivity index (χ2v) is 4.31. The van der Waals surface area contributed by atoms with Crippen molar-refractivity contribution < 1.29 is 0 Å². The lowest BCUT2D eigenvalue weighted by Crippen LogP contribution is -1.88. The Labute approximate surface area is 93.5 Å². The molecule has 0 spiro atoms. The molecule has 1 aromatic carbocycles. The monoisotopic (exact) mass is 211 g/mol. The number of rotatable bonds is 1. The number of fused-ring (bicyclic) bond motifs is 3. The van der Waals surface area contributed by atoms with Crippen LogP contribution in [0.25, 0.3) is 21.9 Å². The molecular formula is C13H13N3. The number of H-pyrrole nitrogens is 1. The molecule has 0 aliphatic rings. The molecule has 16 heavy (non-hydrogen) atoms. The first-order chi connectivity index (χ1) is 7.75. The molecule has 0 saturated carbocycles. The van der Waals surface area contributed by atoms with Gasteiger partial charge < -0.3 is 4.98 Å². The first-order valence-electron chi connectivity index (χ1n) is 5.49. The first kappa shape index (κ1) is 9.33. The maximum atomic E-state index is 4.64. The minimum atomic E-state index is 0.408. The number of pyridine rings is 1. The standard InChI is InChI=1S/C13H13N3/c1-8(2)13-15-11-7-14-10-6-4-3-5-9(10)12(11)16-13/h3-8H,1-2H3,(H,15,16). The van der Waals surface area contributed by atoms with E-state index in [9.17, 15) is 0 Å². The number of aromatic amines is 1. The molecule has 3 nitrogen and oxygen atoms in total. The zero-order valence-corrected chi connectivity index (χ0v) is 9.36. The fraction of sp³-hybridized carbons (Fsp3) is 0.231. The van der Waals surface area contributed by atoms with Crippen LogP contribution in [0, 0.1) is 0 Å². The highest BCUT2D eigenvalue weighted by atomic mass is 14.9. The average Bonchev–Trinajstić information content (AvgIpc) is 2.73. The van der Waals surface area contributed by atoms with Crippen LogP contribution in [-0.4, -0.2) is 15.0 Å². The summed E-state index contributed by atoms with van der Waals surface area (Å²) in [5.41, 5.74) is 3.04. The van der Waals surface area contributed by atoms with E-state index in [2.05, 4.69) is 34.9 Å². The number of nitrogens with zero attached hydrogens (tertiary/aromatic N) is 2. The summed E-state index contributed by atoms with van der Waals surface area (Å²) in [6, 6.07) is 8.10. The molecule has 2 heterocycles. The van der Waals surface area contributed by atoms with Crippen molar-refractivity contribution in [1.29, 1.82) is 0 Å². The summed E-state index contributed by atoms with van der Waals surface area (Å²) in [7, 11) is 0. The highest BCUT2D eigenvalue weighted by molar-refractivity contribution is 6.01. The SMILES string of the molecule is CC(C)c1nc2c(cnc3ccccc32)[nH]1. The third-order valence-electron chi connectivity index (χ3n) is 2.79. The molecule has 80 valence electrons. The van der Waals surface area contributed by atoms with Crippen LogP contribution in [0.15, 0.2) is 30.5 Å². The molecule has 1 N–H and O–H groups in total. The molecule has 0 saturated heterocycles. The van der Waals surface area contributed by atoms with Crippen molar-refractivity contribution in [2.24, 2.45) is 0 Å². The van der Waals surface area contributed by atoms with E-state index < -0.39 is 0 Å². The minimum absolute atomic E-state index is 0.408. The van der Waals surface area contributed by atoms with Crippen LogP contribution in [0.2, 0.25) is 0 Å². The van der Waals surface area contributed by atoms with E-state index in [1.54, 1.807) is 0 Å². The molecule has 3 heteroatoms. The Morgan fingerprint density at radius 2 is 2.00 bits per heavy atom. The van der Waals surface area contributed by atoms with Crippen molar-refractivity contribution >= 4 is 21.9 Å². The third-order valence-corrected chi connectivity index (χ3v) is 2.79. The van der Waals surface area contributed by atoms with E-state index in [1.807, 2.05) is 24.4 Å². The van der Waals surface area contributed by atoms with Crippen LogP contribution in [0.5, 0.6) is 0 Å². The van der Waals surface area contributed by atoms with Gasteiger partial charge in [0.1, 0.15) is 5.82 Å². The van der Waals surface area contributed by atoms with E-state index in [0.717, 1.165) is 27.8 Å². The van der Waals surface area contributed by atoms with Gasteiger partial charge >= 0.3 is 0 Å². The predicted octanol–water partition coefficient (Wildman–Crippen LogP) is 3.23. The molecule has 3 aromatic rings. The van der Waals surface area contributed by atoms with Crippen LogP contribution < -0.4 is 0 Å². The lowest BCUT2D eigenvalue weighted by atomic mass is 10.2. The van der Waals surface area contributed by atoms with E-state index in [-0.39, 0.29) is 0 Å². The largest absolute Gasteiger partial charge is 0.340 e. The third kappa shape index (κ3) is 1.28. The van der Waals surface area contributed by atoms with Gasteiger partial charge in [-0.2, -0.15) is 0 Å². The predicted molar refractivity (Wildman–Crippen MR) is 65.5 cm³/mol. The number of hydrogen-bond donors (Lipinski definition) is 1. The average molecular weight is 211 g/mol. The number of aromatic nitrogens is 3. The Hall–Kier alpha value is -1.90. The lowest BCUT2D eigenvalue weighted by Gasteiger charge is -1.96. The smallest absolute Gasteiger partial charge is 0.109 e. The summed E-state index contributed by atoms with van der Waals surface area (Å²) in [5.74, 6) is 1.43. The van der Waals surface area contributed by atoms with Crippen LogP contribution in [0.3, 0.4) is 0 Å². The zero-order chi connectivity index (χ0) is 11.1. The summed E-state index contributed by atoms with van der Waals surface area (Å²) in [6.07, 6.45) is 1.86. The van der Waals surface area contributed by atoms with Crippen molar-refractivity contribution in [3.05, 3.63) is 36.3 Å². The molecule has 0 atom stereocenters. The van der Waals surface area contributed by atoms with Crippen LogP contribution >= 0.6 is 0 Å². The topological polar surface area (TPSA) is 41.6 Å². The normalized spacial score (nSPS) is 11.7. The Morgan fingerprint density at radius 3 is 2.81 bits per heavy atom. The number of para-hydroxylation sites is 1. The van der Waals surface area contributed by atoms with Gasteiger partial charge in [0.05, 0.1) is 22.7 Å². The number of benzene rings is 1. The summed E-state index contributed by atoms with van der Waals surface area (Å²) in [6.45, 7) is 4.26. The van der Waals surface area contributed by atoms with Gasteiger partial charge in [0.15, 0.2) is 0 Å². The molecule has 0 fully saturated rings. The Balaban J connectivity index is 2.41. The molecule has 0 radical (unpaired) electrons. The first-order valence-corrected chi connectivity index (χ1v) is 5.49. The molecule has 0 unspecified atom stereocenters. The molecular weight excluding hydrogens is 198 g/mol. The quantitative estimate of drug-likeness (QED) is 0.671. The van der Waals surface area contributed by atoms with Crippen LogP contribution in [0.4, 0.5) is 0 Å². The number of nitrogens with one attached hydrogen (secondary N) is 1. The number of hydrogen-bond acceptors (Lipinski definition) is 2. The van der Waals surface area contributed by atoms with Crippen LogP contribution in [0.1, 0.15) is 25.6 Å². The zero-order valence-electron chi connectivity index (χ0n) is 9.36. The van der Waals surface area contributed by atoms with Gasteiger partial charge in [0.2, 0.25) is 0 Å². The van der Waals surface area contributed by atoms with E-state index >= 15 is 0 Å². The van der Waals surface area contributed by atoms with Gasteiger partial charge in [0, 0.05) is 11.3 Å². The second-order valence-electron chi connectivity index (χ2n) is 4.31. The lowest BCUT2D eigenvalue weighted by molar-refractivity contribution is 0.799. The molecule has 0 amide bonds. The highest BCUT2D eigenvalue weighted by Crippen LogP contribution is 2.23. The van der Waals surface area contributed by atoms with Crippen molar-refractivity contribution in [2.75, 3.05) is 0 Å². The fourth-order valence-electron chi connectivity index (χ4n) is 1.90. The van der Waals surface area contributed by atoms with E-state index in [4.69, 9.17) is 0 Å². The maximum absolute atomic E-state index is 4.64. The Kier molecular flexibility index (Phi) is 1.93. The van der Waals surface area contributed by atoms with E-state index in [1.165, 1.54) is 0 Å². The summed E-state index contributed by atoms with van der Waals surface area (Å²) in [5, 5.41) is 1.11. The summed E-state index contributed by atoms with van der Waals surface area (Å²) in [4.78, 5) is 12.4. The molecule has 0 aliphatic carbocycles. The van der Waals surface area contributed by atoms with Crippen molar-refractivity contribution in [1.82, 2.24) is 15.0 Å². The van der Waals surface area contributed by atoms with Gasteiger partial charge in [-0.1, -0.05) is 32.0 Å². The summed E-state index contributed by atoms with van der Waals surface area (Å²) >= 11 is 0. The van der Waals surface area contributed by atoms with Gasteiger partial charge in [-0.3, -0.25) is 4.98 Å². The highest BCUT2D eigenvalue weighted by Gasteiger charge is 2.09. The number of imidazole rings is 1.